The van der Waals surface area contributed by atoms with Gasteiger partial charge in [0.2, 0.25) is 10.0 Å². The van der Waals surface area contributed by atoms with Gasteiger partial charge in [0.25, 0.3) is 0 Å². The first-order valence-corrected chi connectivity index (χ1v) is 7.95. The smallest absolute Gasteiger partial charge is 0.320 e. The number of rotatable bonds is 5. The summed E-state index contributed by atoms with van der Waals surface area (Å²) >= 11 is 3.35. The zero-order valence-electron chi connectivity index (χ0n) is 9.85. The Balaban J connectivity index is 2.15. The zero-order chi connectivity index (χ0) is 14.0. The monoisotopic (exact) mass is 349 g/mol. The molecule has 0 aliphatic carbocycles. The van der Waals surface area contributed by atoms with Gasteiger partial charge in [0.05, 0.1) is 6.61 Å². The van der Waals surface area contributed by atoms with Crippen molar-refractivity contribution in [2.24, 2.45) is 0 Å². The first kappa shape index (κ1) is 14.3. The van der Waals surface area contributed by atoms with Crippen LogP contribution in [0.5, 0.6) is 5.75 Å². The van der Waals surface area contributed by atoms with E-state index < -0.39 is 21.7 Å². The van der Waals surface area contributed by atoms with Gasteiger partial charge in [-0.1, -0.05) is 15.9 Å². The summed E-state index contributed by atoms with van der Waals surface area (Å²) in [4.78, 5) is 10.4. The van der Waals surface area contributed by atoms with E-state index in [-0.39, 0.29) is 6.54 Å². The van der Waals surface area contributed by atoms with Crippen LogP contribution in [0.4, 0.5) is 0 Å². The van der Waals surface area contributed by atoms with Gasteiger partial charge >= 0.3 is 5.97 Å². The van der Waals surface area contributed by atoms with Crippen molar-refractivity contribution in [3.05, 3.63) is 27.7 Å². The minimum Gasteiger partial charge on any atom is -0.493 e. The van der Waals surface area contributed by atoms with Crippen molar-refractivity contribution in [3.63, 3.8) is 0 Å². The van der Waals surface area contributed by atoms with Crippen molar-refractivity contribution in [1.29, 1.82) is 0 Å². The molecule has 0 saturated carbocycles. The van der Waals surface area contributed by atoms with Gasteiger partial charge in [0, 0.05) is 23.0 Å². The minimum absolute atomic E-state index is 0.0113. The van der Waals surface area contributed by atoms with E-state index in [0.29, 0.717) is 17.9 Å². The second kappa shape index (κ2) is 5.48. The van der Waals surface area contributed by atoms with Gasteiger partial charge < -0.3 is 9.84 Å². The lowest BCUT2D eigenvalue weighted by Gasteiger charge is -2.10. The third-order valence-electron chi connectivity index (χ3n) is 2.62. The summed E-state index contributed by atoms with van der Waals surface area (Å²) in [5, 5.41) is 8.49. The molecule has 0 amide bonds. The molecule has 0 bridgehead atoms. The zero-order valence-corrected chi connectivity index (χ0v) is 12.3. The van der Waals surface area contributed by atoms with Gasteiger partial charge in [0.15, 0.2) is 5.75 Å². The minimum atomic E-state index is -3.83. The van der Waals surface area contributed by atoms with Gasteiger partial charge in [-0.3, -0.25) is 4.79 Å². The molecule has 0 radical (unpaired) electrons. The molecular weight excluding hydrogens is 338 g/mol. The fourth-order valence-corrected chi connectivity index (χ4v) is 3.23. The van der Waals surface area contributed by atoms with Crippen LogP contribution in [0.25, 0.3) is 0 Å². The number of sulfonamides is 1. The highest BCUT2D eigenvalue weighted by molar-refractivity contribution is 9.10. The van der Waals surface area contributed by atoms with E-state index in [4.69, 9.17) is 9.84 Å². The van der Waals surface area contributed by atoms with E-state index in [2.05, 4.69) is 20.7 Å². The molecular formula is C11H12BrNO5S. The summed E-state index contributed by atoms with van der Waals surface area (Å²) in [6.45, 7) is 0.581. The fourth-order valence-electron chi connectivity index (χ4n) is 1.88. The number of hydrogen-bond donors (Lipinski definition) is 2. The summed E-state index contributed by atoms with van der Waals surface area (Å²) in [5.41, 5.74) is 1.71. The SMILES string of the molecule is O=C(O)CS(=O)(=O)NCc1cc(Br)cc2c1OCC2. The van der Waals surface area contributed by atoms with Gasteiger partial charge in [-0.05, 0) is 17.7 Å². The highest BCUT2D eigenvalue weighted by Crippen LogP contribution is 2.32. The maximum atomic E-state index is 11.5. The Labute approximate surface area is 118 Å². The van der Waals surface area contributed by atoms with Crippen LogP contribution in [0, 0.1) is 0 Å². The van der Waals surface area contributed by atoms with Crippen LogP contribution in [-0.4, -0.2) is 31.9 Å². The summed E-state index contributed by atoms with van der Waals surface area (Å²) in [5.74, 6) is -1.64. The van der Waals surface area contributed by atoms with E-state index in [1.54, 1.807) is 6.07 Å². The Morgan fingerprint density at radius 3 is 2.89 bits per heavy atom. The van der Waals surface area contributed by atoms with Crippen molar-refractivity contribution >= 4 is 31.9 Å². The number of nitrogens with one attached hydrogen (secondary N) is 1. The van der Waals surface area contributed by atoms with Crippen LogP contribution in [0.1, 0.15) is 11.1 Å². The molecule has 0 aromatic heterocycles. The number of carboxylic acids is 1. The molecule has 0 atom stereocenters. The van der Waals surface area contributed by atoms with Crippen LogP contribution in [-0.2, 0) is 27.8 Å². The fraction of sp³-hybridized carbons (Fsp3) is 0.364. The molecule has 1 aromatic rings. The highest BCUT2D eigenvalue weighted by Gasteiger charge is 2.20. The molecule has 0 saturated heterocycles. The summed E-state index contributed by atoms with van der Waals surface area (Å²) < 4.78 is 31.5. The Morgan fingerprint density at radius 2 is 2.21 bits per heavy atom. The first-order chi connectivity index (χ1) is 8.87. The Morgan fingerprint density at radius 1 is 1.47 bits per heavy atom. The molecule has 2 rings (SSSR count). The van der Waals surface area contributed by atoms with Crippen LogP contribution in [0.2, 0.25) is 0 Å². The normalized spacial score (nSPS) is 13.9. The summed E-state index contributed by atoms with van der Waals surface area (Å²) in [6, 6.07) is 3.69. The van der Waals surface area contributed by atoms with E-state index in [1.165, 1.54) is 0 Å². The third-order valence-corrected chi connectivity index (χ3v) is 4.29. The molecule has 19 heavy (non-hydrogen) atoms. The number of benzene rings is 1. The van der Waals surface area contributed by atoms with Crippen molar-refractivity contribution in [1.82, 2.24) is 4.72 Å². The molecule has 1 aliphatic heterocycles. The lowest BCUT2D eigenvalue weighted by molar-refractivity contribution is -0.134. The number of carboxylic acid groups (broad SMARTS) is 1. The summed E-state index contributed by atoms with van der Waals surface area (Å²) in [7, 11) is -3.83. The van der Waals surface area contributed by atoms with Crippen molar-refractivity contribution in [2.45, 2.75) is 13.0 Å². The van der Waals surface area contributed by atoms with E-state index in [1.807, 2.05) is 6.07 Å². The number of aliphatic carboxylic acids is 1. The second-order valence-corrected chi connectivity index (χ2v) is 6.85. The molecule has 6 nitrogen and oxygen atoms in total. The largest absolute Gasteiger partial charge is 0.493 e. The van der Waals surface area contributed by atoms with Crippen molar-refractivity contribution in [2.75, 3.05) is 12.4 Å². The van der Waals surface area contributed by atoms with Crippen LogP contribution in [0.15, 0.2) is 16.6 Å². The Kier molecular flexibility index (Phi) is 4.12. The predicted molar refractivity (Wildman–Crippen MR) is 71.6 cm³/mol. The molecule has 0 fully saturated rings. The lowest BCUT2D eigenvalue weighted by atomic mass is 10.1. The van der Waals surface area contributed by atoms with E-state index in [9.17, 15) is 13.2 Å². The standard InChI is InChI=1S/C11H12BrNO5S/c12-9-3-7-1-2-18-11(7)8(4-9)5-13-19(16,17)6-10(14)15/h3-4,13H,1-2,5-6H2,(H,14,15). The summed E-state index contributed by atoms with van der Waals surface area (Å²) in [6.07, 6.45) is 0.781. The third kappa shape index (κ3) is 3.68. The number of ether oxygens (including phenoxy) is 1. The lowest BCUT2D eigenvalue weighted by Crippen LogP contribution is -2.29. The molecule has 0 spiro atoms. The van der Waals surface area contributed by atoms with Gasteiger partial charge in [0.1, 0.15) is 5.75 Å². The Bertz CT molecular complexity index is 614. The van der Waals surface area contributed by atoms with E-state index >= 15 is 0 Å². The molecule has 1 aromatic carbocycles. The Hall–Kier alpha value is -1.12. The first-order valence-electron chi connectivity index (χ1n) is 5.50. The average Bonchev–Trinajstić information content (AvgIpc) is 2.71. The molecule has 8 heteroatoms. The van der Waals surface area contributed by atoms with E-state index in [0.717, 1.165) is 16.5 Å². The van der Waals surface area contributed by atoms with Crippen LogP contribution >= 0.6 is 15.9 Å². The number of fused-ring (bicyclic) bond motifs is 1. The molecule has 1 aliphatic rings. The molecule has 0 unspecified atom stereocenters. The van der Waals surface area contributed by atoms with Crippen molar-refractivity contribution in [3.8, 4) is 5.75 Å². The predicted octanol–water partition coefficient (Wildman–Crippen LogP) is 0.888. The topological polar surface area (TPSA) is 92.7 Å². The van der Waals surface area contributed by atoms with Crippen molar-refractivity contribution < 1.29 is 23.1 Å². The maximum Gasteiger partial charge on any atom is 0.320 e. The van der Waals surface area contributed by atoms with Crippen LogP contribution in [0.3, 0.4) is 0 Å². The average molecular weight is 350 g/mol. The quantitative estimate of drug-likeness (QED) is 0.823. The second-order valence-electron chi connectivity index (χ2n) is 4.13. The van der Waals surface area contributed by atoms with Gasteiger partial charge in [-0.2, -0.15) is 0 Å². The molecule has 1 heterocycles. The number of halogens is 1. The maximum absolute atomic E-state index is 11.5. The molecule has 104 valence electrons. The van der Waals surface area contributed by atoms with Crippen LogP contribution < -0.4 is 9.46 Å². The van der Waals surface area contributed by atoms with Gasteiger partial charge in [-0.15, -0.1) is 0 Å². The molecule has 2 N–H and O–H groups in total. The number of carbonyl (C=O) groups is 1. The highest BCUT2D eigenvalue weighted by atomic mass is 79.9. The van der Waals surface area contributed by atoms with Gasteiger partial charge in [-0.25, -0.2) is 13.1 Å². The number of hydrogen-bond acceptors (Lipinski definition) is 4.